The van der Waals surface area contributed by atoms with Crippen LogP contribution in [0.15, 0.2) is 30.7 Å². The van der Waals surface area contributed by atoms with E-state index < -0.39 is 6.10 Å². The predicted molar refractivity (Wildman–Crippen MR) is 131 cm³/mol. The van der Waals surface area contributed by atoms with E-state index in [-0.39, 0.29) is 17.1 Å². The van der Waals surface area contributed by atoms with Gasteiger partial charge in [0.25, 0.3) is 0 Å². The lowest BCUT2D eigenvalue weighted by Gasteiger charge is -2.61. The van der Waals surface area contributed by atoms with Crippen molar-refractivity contribution >= 4 is 28.2 Å². The number of piperazine rings is 1. The highest BCUT2D eigenvalue weighted by Gasteiger charge is 2.58. The molecule has 34 heavy (non-hydrogen) atoms. The Kier molecular flexibility index (Phi) is 4.48. The molecular formula is C25H31ClN6O2. The Morgan fingerprint density at radius 2 is 1.97 bits per heavy atom. The van der Waals surface area contributed by atoms with E-state index in [0.717, 1.165) is 52.9 Å². The van der Waals surface area contributed by atoms with Crippen LogP contribution in [-0.4, -0.2) is 80.1 Å². The predicted octanol–water partition coefficient (Wildman–Crippen LogP) is 3.04. The molecule has 2 aromatic heterocycles. The molecule has 2 bridgehead atoms. The van der Waals surface area contributed by atoms with Crippen molar-refractivity contribution in [3.63, 3.8) is 0 Å². The highest BCUT2D eigenvalue weighted by atomic mass is 35.5. The normalized spacial score (nSPS) is 35.5. The third-order valence-electron chi connectivity index (χ3n) is 8.95. The van der Waals surface area contributed by atoms with Gasteiger partial charge in [0, 0.05) is 31.1 Å². The van der Waals surface area contributed by atoms with E-state index in [1.54, 1.807) is 0 Å². The molecule has 0 spiro atoms. The van der Waals surface area contributed by atoms with Crippen molar-refractivity contribution in [1.82, 2.24) is 24.5 Å². The highest BCUT2D eigenvalue weighted by Crippen LogP contribution is 2.62. The molecule has 0 radical (unpaired) electrons. The maximum Gasteiger partial charge on any atom is 0.103 e. The van der Waals surface area contributed by atoms with E-state index in [2.05, 4.69) is 45.7 Å². The van der Waals surface area contributed by atoms with Crippen LogP contribution in [0.1, 0.15) is 33.1 Å². The van der Waals surface area contributed by atoms with Crippen molar-refractivity contribution in [3.8, 4) is 5.69 Å². The minimum Gasteiger partial charge on any atom is -0.389 e. The van der Waals surface area contributed by atoms with Crippen LogP contribution in [0, 0.1) is 5.92 Å². The second kappa shape index (κ2) is 7.20. The molecule has 5 fully saturated rings. The molecule has 8 rings (SSSR count). The molecule has 1 N–H and O–H groups in total. The summed E-state index contributed by atoms with van der Waals surface area (Å²) in [4.78, 5) is 4.76. The van der Waals surface area contributed by atoms with E-state index in [1.165, 1.54) is 19.3 Å². The maximum absolute atomic E-state index is 10.5. The Morgan fingerprint density at radius 3 is 2.65 bits per heavy atom. The first-order chi connectivity index (χ1) is 16.4. The van der Waals surface area contributed by atoms with E-state index >= 15 is 0 Å². The van der Waals surface area contributed by atoms with Gasteiger partial charge in [0.1, 0.15) is 5.69 Å². The van der Waals surface area contributed by atoms with E-state index in [0.29, 0.717) is 13.2 Å². The van der Waals surface area contributed by atoms with Crippen LogP contribution in [-0.2, 0) is 10.3 Å². The number of hydrogen-bond acceptors (Lipinski definition) is 6. The number of benzene rings is 1. The zero-order valence-electron chi connectivity index (χ0n) is 19.7. The number of ether oxygens (including phenoxy) is 1. The minimum atomic E-state index is -0.456. The Balaban J connectivity index is 1.17. The average molecular weight is 483 g/mol. The third kappa shape index (κ3) is 2.89. The third-order valence-corrected chi connectivity index (χ3v) is 9.26. The molecule has 3 aliphatic carbocycles. The van der Waals surface area contributed by atoms with E-state index in [9.17, 15) is 5.11 Å². The fourth-order valence-corrected chi connectivity index (χ4v) is 7.03. The fraction of sp³-hybridized carbons (Fsp3) is 0.600. The summed E-state index contributed by atoms with van der Waals surface area (Å²) in [5, 5.41) is 21.7. The minimum absolute atomic E-state index is 0.262. The number of rotatable bonds is 4. The molecule has 3 saturated carbocycles. The quantitative estimate of drug-likeness (QED) is 0.616. The number of aliphatic hydroxyl groups excluding tert-OH is 1. The first-order valence-electron chi connectivity index (χ1n) is 12.4. The molecule has 2 aliphatic heterocycles. The molecule has 8 nitrogen and oxygen atoms in total. The van der Waals surface area contributed by atoms with Gasteiger partial charge < -0.3 is 14.7 Å². The standard InChI is InChI=1S/C25H31ClN6O2/c1-16-12-29(3-4-30(16)24(2)15-34-14-23(24)33)22-6-21-18(5-20(22)26)10-28-32(21)19-11-27-31(13-19)25-7-17(8-25)9-25/h5-6,10-11,13,16-17,23,33H,3-4,7-9,12,14-15H2,1-2H3/t16-,17?,23-,24+,25?/m1/s1. The topological polar surface area (TPSA) is 71.6 Å². The average Bonchev–Trinajstić information content (AvgIpc) is 3.45. The first kappa shape index (κ1) is 21.2. The fourth-order valence-electron chi connectivity index (χ4n) is 6.74. The molecule has 1 aromatic carbocycles. The highest BCUT2D eigenvalue weighted by molar-refractivity contribution is 6.34. The van der Waals surface area contributed by atoms with Gasteiger partial charge in [-0.05, 0) is 51.2 Å². The van der Waals surface area contributed by atoms with Gasteiger partial charge in [-0.1, -0.05) is 11.6 Å². The number of nitrogens with zero attached hydrogens (tertiary/aromatic N) is 6. The van der Waals surface area contributed by atoms with Crippen molar-refractivity contribution in [1.29, 1.82) is 0 Å². The van der Waals surface area contributed by atoms with Gasteiger partial charge in [-0.25, -0.2) is 4.68 Å². The van der Waals surface area contributed by atoms with Crippen LogP contribution in [0.5, 0.6) is 0 Å². The van der Waals surface area contributed by atoms with Gasteiger partial charge in [0.05, 0.1) is 65.2 Å². The lowest BCUT2D eigenvalue weighted by Crippen LogP contribution is -2.64. The number of aromatic nitrogens is 4. The Labute approximate surface area is 204 Å². The Hall–Kier alpha value is -2.13. The van der Waals surface area contributed by atoms with Gasteiger partial charge in [-0.3, -0.25) is 9.58 Å². The van der Waals surface area contributed by atoms with Crippen LogP contribution >= 0.6 is 11.6 Å². The van der Waals surface area contributed by atoms with Crippen LogP contribution < -0.4 is 4.90 Å². The van der Waals surface area contributed by atoms with Crippen molar-refractivity contribution < 1.29 is 9.84 Å². The summed E-state index contributed by atoms with van der Waals surface area (Å²) in [6.45, 7) is 7.84. The molecule has 3 atom stereocenters. The van der Waals surface area contributed by atoms with Crippen LogP contribution in [0.4, 0.5) is 5.69 Å². The molecule has 0 unspecified atom stereocenters. The number of fused-ring (bicyclic) bond motifs is 1. The monoisotopic (exact) mass is 482 g/mol. The smallest absolute Gasteiger partial charge is 0.103 e. The number of halogens is 1. The molecule has 180 valence electrons. The van der Waals surface area contributed by atoms with Gasteiger partial charge >= 0.3 is 0 Å². The SMILES string of the molecule is C[C@@H]1CN(c2cc3c(cnn3-c3cnn(C45CC(C4)C5)c3)cc2Cl)CCN1[C@@]1(C)COC[C@H]1O. The van der Waals surface area contributed by atoms with Crippen LogP contribution in [0.25, 0.3) is 16.6 Å². The molecule has 9 heteroatoms. The number of hydrogen-bond donors (Lipinski definition) is 1. The van der Waals surface area contributed by atoms with Crippen molar-refractivity contribution in [2.45, 2.75) is 56.3 Å². The van der Waals surface area contributed by atoms with Gasteiger partial charge in [0.2, 0.25) is 0 Å². The Bertz CT molecular complexity index is 1250. The zero-order chi connectivity index (χ0) is 23.2. The van der Waals surface area contributed by atoms with Gasteiger partial charge in [-0.15, -0.1) is 0 Å². The summed E-state index contributed by atoms with van der Waals surface area (Å²) in [5.41, 5.74) is 3.00. The van der Waals surface area contributed by atoms with Crippen LogP contribution in [0.2, 0.25) is 5.02 Å². The molecule has 2 saturated heterocycles. The summed E-state index contributed by atoms with van der Waals surface area (Å²) in [6.07, 6.45) is 9.29. The first-order valence-corrected chi connectivity index (χ1v) is 12.7. The summed E-state index contributed by atoms with van der Waals surface area (Å²) in [5.74, 6) is 0.915. The Morgan fingerprint density at radius 1 is 1.15 bits per heavy atom. The van der Waals surface area contributed by atoms with Crippen molar-refractivity contribution in [3.05, 3.63) is 35.7 Å². The second-order valence-corrected chi connectivity index (χ2v) is 11.5. The molecule has 0 amide bonds. The number of aliphatic hydroxyl groups is 1. The van der Waals surface area contributed by atoms with Crippen molar-refractivity contribution in [2.24, 2.45) is 5.92 Å². The maximum atomic E-state index is 10.5. The lowest BCUT2D eigenvalue weighted by atomic mass is 9.50. The molecule has 4 heterocycles. The molecular weight excluding hydrogens is 452 g/mol. The number of anilines is 1. The van der Waals surface area contributed by atoms with Crippen molar-refractivity contribution in [2.75, 3.05) is 37.7 Å². The van der Waals surface area contributed by atoms with Gasteiger partial charge in [0.15, 0.2) is 0 Å². The summed E-state index contributed by atoms with van der Waals surface area (Å²) >= 11 is 6.78. The molecule has 3 aromatic rings. The second-order valence-electron chi connectivity index (χ2n) is 11.1. The summed E-state index contributed by atoms with van der Waals surface area (Å²) in [7, 11) is 0. The zero-order valence-corrected chi connectivity index (χ0v) is 20.4. The largest absolute Gasteiger partial charge is 0.389 e. The van der Waals surface area contributed by atoms with E-state index in [1.807, 2.05) is 23.1 Å². The molecule has 5 aliphatic rings. The van der Waals surface area contributed by atoms with E-state index in [4.69, 9.17) is 21.4 Å². The lowest BCUT2D eigenvalue weighted by molar-refractivity contribution is -0.0977. The summed E-state index contributed by atoms with van der Waals surface area (Å²) in [6, 6.07) is 4.45. The summed E-state index contributed by atoms with van der Waals surface area (Å²) < 4.78 is 9.74. The van der Waals surface area contributed by atoms with Crippen LogP contribution in [0.3, 0.4) is 0 Å². The van der Waals surface area contributed by atoms with Gasteiger partial charge in [-0.2, -0.15) is 10.2 Å².